The SMILES string of the molecule is CC(C)c1c(/C=C/C=O)c(-c2ccc(F)cc2)c(-c2ccccc2)n1N1CCCC1. The number of halogens is 1. The van der Waals surface area contributed by atoms with Gasteiger partial charge in [-0.05, 0) is 48.6 Å². The molecule has 3 aromatic rings. The highest BCUT2D eigenvalue weighted by atomic mass is 19.1. The molecule has 0 unspecified atom stereocenters. The van der Waals surface area contributed by atoms with Crippen LogP contribution in [0, 0.1) is 5.82 Å². The third-order valence-corrected chi connectivity index (χ3v) is 5.66. The fourth-order valence-electron chi connectivity index (χ4n) is 4.42. The van der Waals surface area contributed by atoms with Crippen molar-refractivity contribution >= 4 is 12.4 Å². The number of aldehydes is 1. The van der Waals surface area contributed by atoms with Crippen LogP contribution >= 0.6 is 0 Å². The summed E-state index contributed by atoms with van der Waals surface area (Å²) in [6.07, 6.45) is 6.59. The lowest BCUT2D eigenvalue weighted by Gasteiger charge is -2.27. The van der Waals surface area contributed by atoms with Gasteiger partial charge in [0.25, 0.3) is 0 Å². The molecule has 0 bridgehead atoms. The summed E-state index contributed by atoms with van der Waals surface area (Å²) >= 11 is 0. The number of aromatic nitrogens is 1. The van der Waals surface area contributed by atoms with E-state index in [1.165, 1.54) is 17.8 Å². The topological polar surface area (TPSA) is 25.2 Å². The molecule has 1 fully saturated rings. The summed E-state index contributed by atoms with van der Waals surface area (Å²) in [5.41, 5.74) is 6.38. The van der Waals surface area contributed by atoms with Gasteiger partial charge in [0, 0.05) is 29.8 Å². The lowest BCUT2D eigenvalue weighted by Crippen LogP contribution is -2.33. The first-order valence-corrected chi connectivity index (χ1v) is 10.6. The summed E-state index contributed by atoms with van der Waals surface area (Å²) in [6.45, 7) is 6.36. The van der Waals surface area contributed by atoms with Gasteiger partial charge in [0.2, 0.25) is 0 Å². The maximum atomic E-state index is 13.7. The second-order valence-corrected chi connectivity index (χ2v) is 8.02. The van der Waals surface area contributed by atoms with Crippen molar-refractivity contribution in [2.45, 2.75) is 32.6 Å². The minimum Gasteiger partial charge on any atom is -0.312 e. The Labute approximate surface area is 177 Å². The molecule has 4 rings (SSSR count). The number of carbonyl (C=O) groups is 1. The van der Waals surface area contributed by atoms with Crippen molar-refractivity contribution in [3.05, 3.63) is 77.7 Å². The van der Waals surface area contributed by atoms with E-state index in [4.69, 9.17) is 0 Å². The van der Waals surface area contributed by atoms with E-state index < -0.39 is 0 Å². The number of rotatable bonds is 6. The fraction of sp³-hybridized carbons (Fsp3) is 0.269. The van der Waals surface area contributed by atoms with Crippen molar-refractivity contribution in [2.75, 3.05) is 18.1 Å². The van der Waals surface area contributed by atoms with Gasteiger partial charge in [0.1, 0.15) is 12.1 Å². The van der Waals surface area contributed by atoms with E-state index in [0.717, 1.165) is 60.2 Å². The largest absolute Gasteiger partial charge is 0.312 e. The van der Waals surface area contributed by atoms with Crippen molar-refractivity contribution in [2.24, 2.45) is 0 Å². The van der Waals surface area contributed by atoms with Crippen LogP contribution in [0.25, 0.3) is 28.5 Å². The average Bonchev–Trinajstić information content (AvgIpc) is 3.39. The van der Waals surface area contributed by atoms with Crippen LogP contribution in [-0.2, 0) is 4.79 Å². The summed E-state index contributed by atoms with van der Waals surface area (Å²) in [7, 11) is 0. The standard InChI is InChI=1S/C26H27FN2O/c1-19(2)25-23(11-8-18-30)24(20-12-14-22(27)15-13-20)26(21-9-4-3-5-10-21)29(25)28-16-6-7-17-28/h3-5,8-15,18-19H,6-7,16-17H2,1-2H3/b11-8+. The minimum atomic E-state index is -0.256. The summed E-state index contributed by atoms with van der Waals surface area (Å²) in [6, 6.07) is 17.0. The number of allylic oxidation sites excluding steroid dienone is 1. The maximum absolute atomic E-state index is 13.7. The molecule has 0 amide bonds. The van der Waals surface area contributed by atoms with Crippen LogP contribution in [0.15, 0.2) is 60.7 Å². The first-order valence-electron chi connectivity index (χ1n) is 10.6. The Bertz CT molecular complexity index is 1040. The molecule has 0 N–H and O–H groups in total. The fourth-order valence-corrected chi connectivity index (χ4v) is 4.42. The second-order valence-electron chi connectivity index (χ2n) is 8.02. The van der Waals surface area contributed by atoms with Crippen LogP contribution in [0.4, 0.5) is 4.39 Å². The predicted octanol–water partition coefficient (Wildman–Crippen LogP) is 6.03. The van der Waals surface area contributed by atoms with Gasteiger partial charge in [-0.1, -0.05) is 56.3 Å². The molecule has 1 aliphatic heterocycles. The minimum absolute atomic E-state index is 0.244. The summed E-state index contributed by atoms with van der Waals surface area (Å²) in [4.78, 5) is 11.2. The summed E-state index contributed by atoms with van der Waals surface area (Å²) in [5.74, 6) is -0.0124. The lowest BCUT2D eigenvalue weighted by molar-refractivity contribution is -0.104. The Morgan fingerprint density at radius 1 is 0.933 bits per heavy atom. The van der Waals surface area contributed by atoms with Gasteiger partial charge in [-0.25, -0.2) is 4.39 Å². The van der Waals surface area contributed by atoms with E-state index in [-0.39, 0.29) is 11.7 Å². The maximum Gasteiger partial charge on any atom is 0.142 e. The van der Waals surface area contributed by atoms with Gasteiger partial charge in [-0.3, -0.25) is 9.47 Å². The summed E-state index contributed by atoms with van der Waals surface area (Å²) in [5, 5.41) is 2.41. The molecule has 0 spiro atoms. The molecule has 0 saturated carbocycles. The van der Waals surface area contributed by atoms with Crippen molar-refractivity contribution in [1.29, 1.82) is 0 Å². The number of hydrogen-bond acceptors (Lipinski definition) is 2. The number of carbonyl (C=O) groups excluding carboxylic acids is 1. The summed E-state index contributed by atoms with van der Waals surface area (Å²) < 4.78 is 16.1. The van der Waals surface area contributed by atoms with Crippen LogP contribution in [0.5, 0.6) is 0 Å². The molecule has 1 aromatic heterocycles. The molecule has 0 aliphatic carbocycles. The number of hydrogen-bond donors (Lipinski definition) is 0. The van der Waals surface area contributed by atoms with Crippen molar-refractivity contribution in [3.63, 3.8) is 0 Å². The first kappa shape index (κ1) is 20.1. The third kappa shape index (κ3) is 3.70. The lowest BCUT2D eigenvalue weighted by atomic mass is 9.94. The molecule has 154 valence electrons. The van der Waals surface area contributed by atoms with E-state index >= 15 is 0 Å². The van der Waals surface area contributed by atoms with Gasteiger partial charge in [-0.2, -0.15) is 0 Å². The Kier molecular flexibility index (Phi) is 5.84. The zero-order valence-electron chi connectivity index (χ0n) is 17.5. The van der Waals surface area contributed by atoms with Gasteiger partial charge >= 0.3 is 0 Å². The Morgan fingerprint density at radius 3 is 2.20 bits per heavy atom. The zero-order chi connectivity index (χ0) is 21.1. The second kappa shape index (κ2) is 8.70. The van der Waals surface area contributed by atoms with Gasteiger partial charge < -0.3 is 5.01 Å². The van der Waals surface area contributed by atoms with E-state index in [0.29, 0.717) is 0 Å². The van der Waals surface area contributed by atoms with Crippen LogP contribution < -0.4 is 5.01 Å². The van der Waals surface area contributed by atoms with Crippen molar-refractivity contribution in [1.82, 2.24) is 4.68 Å². The quantitative estimate of drug-likeness (QED) is 0.372. The van der Waals surface area contributed by atoms with E-state index in [1.807, 2.05) is 36.4 Å². The van der Waals surface area contributed by atoms with Gasteiger partial charge in [0.05, 0.1) is 11.4 Å². The molecule has 2 aromatic carbocycles. The predicted molar refractivity (Wildman–Crippen MR) is 122 cm³/mol. The van der Waals surface area contributed by atoms with E-state index in [2.05, 4.69) is 35.7 Å². The van der Waals surface area contributed by atoms with Crippen molar-refractivity contribution < 1.29 is 9.18 Å². The molecule has 3 nitrogen and oxygen atoms in total. The Hall–Kier alpha value is -3.14. The Balaban J connectivity index is 2.12. The van der Waals surface area contributed by atoms with Crippen LogP contribution in [0.3, 0.4) is 0 Å². The Morgan fingerprint density at radius 2 is 1.60 bits per heavy atom. The molecule has 1 aliphatic rings. The van der Waals surface area contributed by atoms with E-state index in [1.54, 1.807) is 6.08 Å². The smallest absolute Gasteiger partial charge is 0.142 e. The van der Waals surface area contributed by atoms with Crippen LogP contribution in [-0.4, -0.2) is 24.1 Å². The normalized spacial score (nSPS) is 14.2. The molecular weight excluding hydrogens is 375 g/mol. The highest BCUT2D eigenvalue weighted by Gasteiger charge is 2.29. The highest BCUT2D eigenvalue weighted by molar-refractivity contribution is 5.92. The van der Waals surface area contributed by atoms with Crippen molar-refractivity contribution in [3.8, 4) is 22.4 Å². The molecule has 2 heterocycles. The first-order chi connectivity index (χ1) is 14.6. The molecular formula is C26H27FN2O. The van der Waals surface area contributed by atoms with Gasteiger partial charge in [0.15, 0.2) is 0 Å². The van der Waals surface area contributed by atoms with Gasteiger partial charge in [-0.15, -0.1) is 0 Å². The molecule has 0 radical (unpaired) electrons. The molecule has 4 heteroatoms. The monoisotopic (exact) mass is 402 g/mol. The highest BCUT2D eigenvalue weighted by Crippen LogP contribution is 2.43. The van der Waals surface area contributed by atoms with Crippen LogP contribution in [0.1, 0.15) is 43.9 Å². The number of benzene rings is 2. The molecule has 1 saturated heterocycles. The van der Waals surface area contributed by atoms with E-state index in [9.17, 15) is 9.18 Å². The third-order valence-electron chi connectivity index (χ3n) is 5.66. The zero-order valence-corrected chi connectivity index (χ0v) is 17.5. The molecule has 30 heavy (non-hydrogen) atoms. The number of nitrogens with zero attached hydrogens (tertiary/aromatic N) is 2. The van der Waals surface area contributed by atoms with Crippen LogP contribution in [0.2, 0.25) is 0 Å². The molecule has 0 atom stereocenters. The average molecular weight is 403 g/mol.